The molecule has 1 aromatic heterocycles. The number of anilines is 1. The van der Waals surface area contributed by atoms with E-state index in [2.05, 4.69) is 10.8 Å². The summed E-state index contributed by atoms with van der Waals surface area (Å²) >= 11 is 1.41. The first-order valence-electron chi connectivity index (χ1n) is 14.8. The molecule has 11 heteroatoms. The van der Waals surface area contributed by atoms with Gasteiger partial charge in [-0.25, -0.2) is 23.5 Å². The number of hydroxylamine groups is 1. The van der Waals surface area contributed by atoms with Crippen LogP contribution in [0.3, 0.4) is 0 Å². The molecular weight excluding hydrogens is 562 g/mol. The van der Waals surface area contributed by atoms with E-state index in [0.717, 1.165) is 61.1 Å². The Morgan fingerprint density at radius 1 is 1.05 bits per heavy atom. The van der Waals surface area contributed by atoms with Crippen molar-refractivity contribution in [1.29, 1.82) is 0 Å². The normalized spacial score (nSPS) is 24.9. The number of rotatable bonds is 8. The van der Waals surface area contributed by atoms with Crippen LogP contribution in [0.15, 0.2) is 36.4 Å². The van der Waals surface area contributed by atoms with Crippen molar-refractivity contribution in [2.24, 2.45) is 0 Å². The van der Waals surface area contributed by atoms with Gasteiger partial charge in [0, 0.05) is 41.6 Å². The van der Waals surface area contributed by atoms with Crippen LogP contribution in [-0.2, 0) is 29.0 Å². The topological polar surface area (TPSA) is 114 Å². The largest absolute Gasteiger partial charge is 0.350 e. The summed E-state index contributed by atoms with van der Waals surface area (Å²) in [6.07, 6.45) is 8.96. The smallest absolute Gasteiger partial charge is 0.321 e. The van der Waals surface area contributed by atoms with E-state index in [0.29, 0.717) is 30.7 Å². The van der Waals surface area contributed by atoms with Crippen LogP contribution < -0.4 is 15.7 Å². The van der Waals surface area contributed by atoms with Crippen molar-refractivity contribution in [3.8, 4) is 10.4 Å². The van der Waals surface area contributed by atoms with E-state index in [1.807, 2.05) is 41.3 Å². The maximum atomic E-state index is 13.6. The van der Waals surface area contributed by atoms with Crippen LogP contribution in [-0.4, -0.2) is 52.1 Å². The van der Waals surface area contributed by atoms with Gasteiger partial charge in [-0.3, -0.25) is 9.69 Å². The first kappa shape index (κ1) is 30.0. The van der Waals surface area contributed by atoms with Gasteiger partial charge in [0.1, 0.15) is 4.75 Å². The Balaban J connectivity index is 1.40. The number of sulfone groups is 1. The van der Waals surface area contributed by atoms with Crippen molar-refractivity contribution < 1.29 is 27.6 Å². The number of ether oxygens (including phenoxy) is 1. The first-order valence-corrected chi connectivity index (χ1v) is 17.3. The second-order valence-corrected chi connectivity index (χ2v) is 14.8. The fourth-order valence-corrected chi connectivity index (χ4v) is 10.1. The summed E-state index contributed by atoms with van der Waals surface area (Å²) in [6, 6.07) is 11.7. The van der Waals surface area contributed by atoms with E-state index in [1.54, 1.807) is 7.05 Å². The van der Waals surface area contributed by atoms with Crippen LogP contribution in [0.5, 0.6) is 0 Å². The summed E-state index contributed by atoms with van der Waals surface area (Å²) in [5.74, 6) is -0.409. The summed E-state index contributed by atoms with van der Waals surface area (Å²) in [6.45, 7) is 0.583. The van der Waals surface area contributed by atoms with Crippen LogP contribution in [0.2, 0.25) is 0 Å². The second-order valence-electron chi connectivity index (χ2n) is 11.3. The molecule has 2 N–H and O–H groups in total. The maximum Gasteiger partial charge on any atom is 0.321 e. The number of nitrogens with one attached hydrogen (secondary N) is 2. The number of hydrogen-bond donors (Lipinski definition) is 2. The molecule has 1 saturated carbocycles. The van der Waals surface area contributed by atoms with Gasteiger partial charge in [0.05, 0.1) is 12.2 Å². The molecule has 3 amide bonds. The zero-order valence-electron chi connectivity index (χ0n) is 23.7. The number of thiophene rings is 1. The molecule has 5 rings (SSSR count). The highest BCUT2D eigenvalue weighted by atomic mass is 32.2. The van der Waals surface area contributed by atoms with Crippen molar-refractivity contribution in [2.75, 3.05) is 24.3 Å². The molecule has 0 radical (unpaired) electrons. The molecular formula is C30H41N3O6S2. The maximum absolute atomic E-state index is 13.6. The van der Waals surface area contributed by atoms with Gasteiger partial charge in [-0.05, 0) is 68.4 Å². The zero-order chi connectivity index (χ0) is 28.9. The number of benzene rings is 1. The molecule has 1 aliphatic carbocycles. The molecule has 224 valence electrons. The number of amides is 3. The van der Waals surface area contributed by atoms with Gasteiger partial charge >= 0.3 is 6.03 Å². The van der Waals surface area contributed by atoms with Gasteiger partial charge in [-0.1, -0.05) is 37.8 Å². The van der Waals surface area contributed by atoms with E-state index in [4.69, 9.17) is 9.57 Å². The lowest BCUT2D eigenvalue weighted by Crippen LogP contribution is -2.46. The summed E-state index contributed by atoms with van der Waals surface area (Å²) in [4.78, 5) is 34.9. The molecule has 1 unspecified atom stereocenters. The third-order valence-corrected chi connectivity index (χ3v) is 12.6. The minimum atomic E-state index is -3.59. The quantitative estimate of drug-likeness (QED) is 0.377. The number of hydrogen-bond acceptors (Lipinski definition) is 7. The summed E-state index contributed by atoms with van der Waals surface area (Å²) in [5.41, 5.74) is 4.21. The predicted molar refractivity (Wildman–Crippen MR) is 160 cm³/mol. The average Bonchev–Trinajstić information content (AvgIpc) is 3.49. The fraction of sp³-hybridized carbons (Fsp3) is 0.600. The second kappa shape index (κ2) is 13.2. The molecule has 3 fully saturated rings. The standard InChI is InChI=1S/C30H41N3O6S2/c1-31-29(35)33(23-11-3-2-4-12-23)24-13-9-10-22(20-24)25-15-16-26(40-25)30(17-6-8-19-41(30,36)37)21-27(34)32-39-28-14-5-7-18-38-28/h9-10,13,15-16,20,23,28H,2-8,11-12,14,17-19,21H2,1H3,(H,31,35)(H,32,34)/t28?,30-/m0/s1. The van der Waals surface area contributed by atoms with Gasteiger partial charge in [0.2, 0.25) is 5.91 Å². The third kappa shape index (κ3) is 6.63. The predicted octanol–water partition coefficient (Wildman–Crippen LogP) is 5.65. The summed E-state index contributed by atoms with van der Waals surface area (Å²) < 4.78 is 31.5. The molecule has 9 nitrogen and oxygen atoms in total. The van der Waals surface area contributed by atoms with Gasteiger partial charge in [0.15, 0.2) is 16.1 Å². The fourth-order valence-electron chi connectivity index (χ4n) is 6.35. The Hall–Kier alpha value is -2.47. The monoisotopic (exact) mass is 603 g/mol. The lowest BCUT2D eigenvalue weighted by molar-refractivity contribution is -0.200. The first-order chi connectivity index (χ1) is 19.8. The Bertz CT molecular complexity index is 1320. The molecule has 2 saturated heterocycles. The third-order valence-electron chi connectivity index (χ3n) is 8.56. The van der Waals surface area contributed by atoms with Crippen LogP contribution in [0.1, 0.15) is 81.9 Å². The molecule has 2 atom stereocenters. The number of carbonyl (C=O) groups is 2. The van der Waals surface area contributed by atoms with E-state index in [1.165, 1.54) is 17.8 Å². The SMILES string of the molecule is CNC(=O)N(c1cccc(-c2ccc([C@@]3(CC(=O)NOC4CCCCO4)CCCCS3(=O)=O)s2)c1)C1CCCCC1. The van der Waals surface area contributed by atoms with Crippen molar-refractivity contribution in [2.45, 2.75) is 94.1 Å². The Kier molecular flexibility index (Phi) is 9.68. The molecule has 41 heavy (non-hydrogen) atoms. The lowest BCUT2D eigenvalue weighted by Gasteiger charge is -2.35. The zero-order valence-corrected chi connectivity index (χ0v) is 25.4. The highest BCUT2D eigenvalue weighted by Gasteiger charge is 2.49. The van der Waals surface area contributed by atoms with Crippen LogP contribution in [0, 0.1) is 0 Å². The molecule has 0 spiro atoms. The van der Waals surface area contributed by atoms with E-state index in [9.17, 15) is 18.0 Å². The van der Waals surface area contributed by atoms with E-state index in [-0.39, 0.29) is 24.2 Å². The summed E-state index contributed by atoms with van der Waals surface area (Å²) in [7, 11) is -1.94. The number of carbonyl (C=O) groups excluding carboxylic acids is 2. The minimum Gasteiger partial charge on any atom is -0.350 e. The molecule has 1 aromatic carbocycles. The van der Waals surface area contributed by atoms with Gasteiger partial charge in [0.25, 0.3) is 0 Å². The van der Waals surface area contributed by atoms with Crippen molar-refractivity contribution in [3.63, 3.8) is 0 Å². The van der Waals surface area contributed by atoms with Crippen LogP contribution in [0.4, 0.5) is 10.5 Å². The van der Waals surface area contributed by atoms with E-state index < -0.39 is 26.8 Å². The number of urea groups is 1. The Morgan fingerprint density at radius 3 is 2.59 bits per heavy atom. The van der Waals surface area contributed by atoms with Crippen molar-refractivity contribution in [1.82, 2.24) is 10.8 Å². The van der Waals surface area contributed by atoms with Gasteiger partial charge < -0.3 is 10.1 Å². The highest BCUT2D eigenvalue weighted by Crippen LogP contribution is 2.47. The van der Waals surface area contributed by atoms with Crippen LogP contribution >= 0.6 is 11.3 Å². The highest BCUT2D eigenvalue weighted by molar-refractivity contribution is 7.92. The minimum absolute atomic E-state index is 0.0536. The van der Waals surface area contributed by atoms with E-state index >= 15 is 0 Å². The van der Waals surface area contributed by atoms with Gasteiger partial charge in [-0.2, -0.15) is 0 Å². The summed E-state index contributed by atoms with van der Waals surface area (Å²) in [5, 5.41) is 2.80. The van der Waals surface area contributed by atoms with Gasteiger partial charge in [-0.15, -0.1) is 11.3 Å². The Labute approximate surface area is 246 Å². The lowest BCUT2D eigenvalue weighted by atomic mass is 9.93. The van der Waals surface area contributed by atoms with Crippen molar-refractivity contribution >= 4 is 38.8 Å². The van der Waals surface area contributed by atoms with Crippen LogP contribution in [0.25, 0.3) is 10.4 Å². The molecule has 0 bridgehead atoms. The molecule has 2 aromatic rings. The number of nitrogens with zero attached hydrogens (tertiary/aromatic N) is 1. The Morgan fingerprint density at radius 2 is 1.85 bits per heavy atom. The molecule has 3 heterocycles. The molecule has 2 aliphatic heterocycles. The van der Waals surface area contributed by atoms with Crippen molar-refractivity contribution in [3.05, 3.63) is 41.3 Å². The average molecular weight is 604 g/mol. The molecule has 3 aliphatic rings.